The average Bonchev–Trinajstić information content (AvgIpc) is 3.04. The minimum Gasteiger partial charge on any atom is -0.0985 e. The number of hydrogen-bond donors (Lipinski definition) is 0. The molecule has 0 saturated heterocycles. The van der Waals surface area contributed by atoms with E-state index in [9.17, 15) is 0 Å². The third kappa shape index (κ3) is 2.85. The summed E-state index contributed by atoms with van der Waals surface area (Å²) in [6, 6.07) is 31.1. The highest BCUT2D eigenvalue weighted by Gasteiger charge is 2.46. The van der Waals surface area contributed by atoms with Gasteiger partial charge in [0.1, 0.15) is 0 Å². The van der Waals surface area contributed by atoms with Crippen molar-refractivity contribution in [3.05, 3.63) is 134 Å². The van der Waals surface area contributed by atoms with Crippen LogP contribution in [0.2, 0.25) is 0 Å². The fraction of sp³-hybridized carbons (Fsp3) is 0.0714. The zero-order chi connectivity index (χ0) is 20.9. The summed E-state index contributed by atoms with van der Waals surface area (Å²) in [6.07, 6.45) is 1.89. The molecule has 2 heteroatoms. The van der Waals surface area contributed by atoms with Crippen LogP contribution in [0.4, 0.5) is 0 Å². The minimum absolute atomic E-state index is 0.383. The second-order valence-corrected chi connectivity index (χ2v) is 9.65. The van der Waals surface area contributed by atoms with Crippen LogP contribution in [0.15, 0.2) is 100 Å². The van der Waals surface area contributed by atoms with E-state index in [-0.39, 0.29) is 5.41 Å². The van der Waals surface area contributed by atoms with Crippen molar-refractivity contribution in [2.24, 2.45) is 0 Å². The van der Waals surface area contributed by atoms with Crippen molar-refractivity contribution in [1.29, 1.82) is 0 Å². The molecular weight excluding hydrogens is 496 g/mol. The molecule has 0 heterocycles. The molecule has 0 aromatic heterocycles. The highest BCUT2D eigenvalue weighted by molar-refractivity contribution is 9.10. The summed E-state index contributed by atoms with van der Waals surface area (Å²) in [5.41, 5.74) is 9.72. The summed E-state index contributed by atoms with van der Waals surface area (Å²) < 4.78 is 2.18. The Hall–Kier alpha value is -2.42. The van der Waals surface area contributed by atoms with Gasteiger partial charge in [-0.3, -0.25) is 0 Å². The SMILES string of the molecule is C=Cc1ccc(C2(c3ccc(C)cc3)c3cc(Br)ccc3-c3ccc(Br)cc32)cc1. The second kappa shape index (κ2) is 7.37. The topological polar surface area (TPSA) is 0 Å². The lowest BCUT2D eigenvalue weighted by Crippen LogP contribution is -2.28. The molecule has 0 atom stereocenters. The number of fused-ring (bicyclic) bond motifs is 3. The Labute approximate surface area is 194 Å². The van der Waals surface area contributed by atoms with Crippen LogP contribution in [0.1, 0.15) is 33.4 Å². The van der Waals surface area contributed by atoms with E-state index in [4.69, 9.17) is 0 Å². The van der Waals surface area contributed by atoms with Crippen molar-refractivity contribution < 1.29 is 0 Å². The maximum absolute atomic E-state index is 3.93. The predicted molar refractivity (Wildman–Crippen MR) is 134 cm³/mol. The largest absolute Gasteiger partial charge is 0.0985 e. The van der Waals surface area contributed by atoms with Crippen molar-refractivity contribution >= 4 is 37.9 Å². The van der Waals surface area contributed by atoms with E-state index < -0.39 is 0 Å². The molecule has 1 aliphatic rings. The van der Waals surface area contributed by atoms with Crippen molar-refractivity contribution in [2.45, 2.75) is 12.3 Å². The van der Waals surface area contributed by atoms with Gasteiger partial charge in [-0.25, -0.2) is 0 Å². The van der Waals surface area contributed by atoms with Gasteiger partial charge in [-0.05, 0) is 70.1 Å². The molecule has 0 amide bonds. The summed E-state index contributed by atoms with van der Waals surface area (Å²) >= 11 is 7.47. The highest BCUT2D eigenvalue weighted by atomic mass is 79.9. The number of benzene rings is 4. The molecule has 0 unspecified atom stereocenters. The van der Waals surface area contributed by atoms with Crippen molar-refractivity contribution in [3.63, 3.8) is 0 Å². The molecule has 0 radical (unpaired) electrons. The van der Waals surface area contributed by atoms with Gasteiger partial charge in [0, 0.05) is 8.95 Å². The third-order valence-electron chi connectivity index (χ3n) is 6.13. The first-order valence-corrected chi connectivity index (χ1v) is 11.5. The Bertz CT molecular complexity index is 1210. The molecule has 146 valence electrons. The maximum Gasteiger partial charge on any atom is 0.0714 e. The van der Waals surface area contributed by atoms with E-state index in [0.717, 1.165) is 14.5 Å². The molecule has 0 spiro atoms. The van der Waals surface area contributed by atoms with Crippen LogP contribution in [0.5, 0.6) is 0 Å². The molecule has 0 aliphatic heterocycles. The number of hydrogen-bond acceptors (Lipinski definition) is 0. The Morgan fingerprint density at radius 2 is 1.13 bits per heavy atom. The molecule has 0 saturated carbocycles. The first kappa shape index (κ1) is 19.5. The molecule has 4 aromatic rings. The fourth-order valence-electron chi connectivity index (χ4n) is 4.73. The van der Waals surface area contributed by atoms with Crippen LogP contribution in [0.3, 0.4) is 0 Å². The zero-order valence-corrected chi connectivity index (χ0v) is 19.8. The van der Waals surface area contributed by atoms with Crippen LogP contribution in [-0.2, 0) is 5.41 Å². The minimum atomic E-state index is -0.383. The quantitative estimate of drug-likeness (QED) is 0.226. The van der Waals surface area contributed by atoms with E-state index >= 15 is 0 Å². The molecule has 5 rings (SSSR count). The van der Waals surface area contributed by atoms with Gasteiger partial charge in [0.2, 0.25) is 0 Å². The van der Waals surface area contributed by atoms with E-state index in [1.54, 1.807) is 0 Å². The van der Waals surface area contributed by atoms with Gasteiger partial charge < -0.3 is 0 Å². The number of halogens is 2. The third-order valence-corrected chi connectivity index (χ3v) is 7.11. The maximum atomic E-state index is 3.93. The molecule has 30 heavy (non-hydrogen) atoms. The van der Waals surface area contributed by atoms with Crippen molar-refractivity contribution in [2.75, 3.05) is 0 Å². The first-order chi connectivity index (χ1) is 14.5. The number of rotatable bonds is 3. The summed E-state index contributed by atoms with van der Waals surface area (Å²) in [4.78, 5) is 0. The summed E-state index contributed by atoms with van der Waals surface area (Å²) in [6.45, 7) is 6.06. The molecule has 1 aliphatic carbocycles. The van der Waals surface area contributed by atoms with Gasteiger partial charge in [-0.1, -0.05) is 111 Å². The molecule has 4 aromatic carbocycles. The predicted octanol–water partition coefficient (Wildman–Crippen LogP) is 8.53. The van der Waals surface area contributed by atoms with Gasteiger partial charge in [-0.2, -0.15) is 0 Å². The fourth-order valence-corrected chi connectivity index (χ4v) is 5.45. The van der Waals surface area contributed by atoms with Crippen molar-refractivity contribution in [3.8, 4) is 11.1 Å². The Balaban J connectivity index is 1.95. The van der Waals surface area contributed by atoms with Crippen LogP contribution >= 0.6 is 31.9 Å². The summed E-state index contributed by atoms with van der Waals surface area (Å²) in [5, 5.41) is 0. The molecular formula is C28H20Br2. The van der Waals surface area contributed by atoms with Gasteiger partial charge in [0.25, 0.3) is 0 Å². The standard InChI is InChI=1S/C28H20Br2/c1-3-19-6-10-21(11-7-19)28(20-8-4-18(2)5-9-20)26-16-22(29)12-14-24(26)25-15-13-23(30)17-27(25)28/h3-17H,1H2,2H3. The average molecular weight is 516 g/mol. The van der Waals surface area contributed by atoms with Gasteiger partial charge >= 0.3 is 0 Å². The van der Waals surface area contributed by atoms with E-state index in [0.29, 0.717) is 0 Å². The lowest BCUT2D eigenvalue weighted by molar-refractivity contribution is 0.766. The normalized spacial score (nSPS) is 13.6. The van der Waals surface area contributed by atoms with Gasteiger partial charge in [0.15, 0.2) is 0 Å². The molecule has 0 bridgehead atoms. The molecule has 0 N–H and O–H groups in total. The van der Waals surface area contributed by atoms with Crippen LogP contribution in [-0.4, -0.2) is 0 Å². The van der Waals surface area contributed by atoms with Crippen LogP contribution in [0, 0.1) is 6.92 Å². The first-order valence-electron chi connectivity index (χ1n) is 9.94. The van der Waals surface area contributed by atoms with E-state index in [2.05, 4.69) is 130 Å². The van der Waals surface area contributed by atoms with Crippen LogP contribution in [0.25, 0.3) is 17.2 Å². The molecule has 0 fully saturated rings. The molecule has 0 nitrogen and oxygen atoms in total. The van der Waals surface area contributed by atoms with E-state index in [1.165, 1.54) is 38.9 Å². The second-order valence-electron chi connectivity index (χ2n) is 7.82. The Kier molecular flexibility index (Phi) is 4.80. The number of aryl methyl sites for hydroxylation is 1. The van der Waals surface area contributed by atoms with Gasteiger partial charge in [-0.15, -0.1) is 0 Å². The highest BCUT2D eigenvalue weighted by Crippen LogP contribution is 2.57. The summed E-state index contributed by atoms with van der Waals surface area (Å²) in [5.74, 6) is 0. The Morgan fingerprint density at radius 3 is 1.60 bits per heavy atom. The van der Waals surface area contributed by atoms with Gasteiger partial charge in [0.05, 0.1) is 5.41 Å². The Morgan fingerprint density at radius 1 is 0.667 bits per heavy atom. The zero-order valence-electron chi connectivity index (χ0n) is 16.6. The smallest absolute Gasteiger partial charge is 0.0714 e. The lowest BCUT2D eigenvalue weighted by Gasteiger charge is -2.34. The van der Waals surface area contributed by atoms with E-state index in [1.807, 2.05) is 6.08 Å². The van der Waals surface area contributed by atoms with Crippen molar-refractivity contribution in [1.82, 2.24) is 0 Å². The summed E-state index contributed by atoms with van der Waals surface area (Å²) in [7, 11) is 0. The lowest BCUT2D eigenvalue weighted by atomic mass is 9.67. The monoisotopic (exact) mass is 514 g/mol. The van der Waals surface area contributed by atoms with Crippen LogP contribution < -0.4 is 0 Å².